The lowest BCUT2D eigenvalue weighted by Crippen LogP contribution is -2.12. The monoisotopic (exact) mass is 325 g/mol. The van der Waals surface area contributed by atoms with E-state index in [2.05, 4.69) is 48.0 Å². The molecular weight excluding hydrogens is 304 g/mol. The smallest absolute Gasteiger partial charge is 0.189 e. The Morgan fingerprint density at radius 1 is 1.00 bits per heavy atom. The number of pyridine rings is 1. The van der Waals surface area contributed by atoms with Crippen molar-refractivity contribution >= 4 is 0 Å². The molecule has 3 rings (SSSR count). The summed E-state index contributed by atoms with van der Waals surface area (Å²) < 4.78 is 26.3. The first-order valence-electron chi connectivity index (χ1n) is 8.58. The van der Waals surface area contributed by atoms with Crippen LogP contribution in [-0.2, 0) is 6.42 Å². The number of aryl methyl sites for hydroxylation is 1. The molecule has 1 aromatic carbocycles. The molecule has 1 nitrogen and oxygen atoms in total. The van der Waals surface area contributed by atoms with Crippen molar-refractivity contribution in [2.75, 3.05) is 0 Å². The Balaban J connectivity index is 1.60. The fourth-order valence-electron chi connectivity index (χ4n) is 3.28. The van der Waals surface area contributed by atoms with Gasteiger partial charge in [0.05, 0.1) is 5.56 Å². The van der Waals surface area contributed by atoms with Crippen molar-refractivity contribution < 1.29 is 8.78 Å². The number of nitrogens with zero attached hydrogens (tertiary/aromatic N) is 1. The lowest BCUT2D eigenvalue weighted by molar-refractivity contribution is 0.384. The summed E-state index contributed by atoms with van der Waals surface area (Å²) in [6, 6.07) is 11.4. The molecular formula is C21H21F2N. The molecule has 0 radical (unpaired) electrons. The maximum absolute atomic E-state index is 13.5. The molecule has 3 heteroatoms. The van der Waals surface area contributed by atoms with Gasteiger partial charge in [-0.3, -0.25) is 0 Å². The Labute approximate surface area is 142 Å². The van der Waals surface area contributed by atoms with Crippen LogP contribution >= 0.6 is 0 Å². The van der Waals surface area contributed by atoms with Crippen molar-refractivity contribution in [1.82, 2.24) is 4.98 Å². The molecule has 0 aliphatic heterocycles. The minimum atomic E-state index is -0.827. The second kappa shape index (κ2) is 7.57. The minimum absolute atomic E-state index is 0.175. The highest BCUT2D eigenvalue weighted by Crippen LogP contribution is 2.35. The first-order chi connectivity index (χ1) is 11.7. The fourth-order valence-corrected chi connectivity index (χ4v) is 3.28. The van der Waals surface area contributed by atoms with Gasteiger partial charge in [0.25, 0.3) is 0 Å². The van der Waals surface area contributed by atoms with E-state index in [0.717, 1.165) is 38.2 Å². The number of halogens is 2. The van der Waals surface area contributed by atoms with Crippen molar-refractivity contribution in [3.8, 4) is 11.8 Å². The molecule has 0 amide bonds. The van der Waals surface area contributed by atoms with Gasteiger partial charge in [-0.05, 0) is 61.3 Å². The standard InChI is InChI=1S/C21H21F2N/c1-2-15-3-8-17(9-4-15)18-10-5-16(6-11-18)7-12-19-13-14-20(22)24-21(19)23/h3-4,8-9,13-14,16,18H,2,5-6,10-11H2,1H3/t16-,18-. The van der Waals surface area contributed by atoms with Crippen LogP contribution in [0, 0.1) is 29.7 Å². The van der Waals surface area contributed by atoms with E-state index in [1.807, 2.05) is 0 Å². The lowest BCUT2D eigenvalue weighted by atomic mass is 9.79. The van der Waals surface area contributed by atoms with Gasteiger partial charge in [-0.25, -0.2) is 0 Å². The molecule has 0 saturated heterocycles. The first-order valence-corrected chi connectivity index (χ1v) is 8.58. The van der Waals surface area contributed by atoms with E-state index in [0.29, 0.717) is 5.92 Å². The zero-order valence-corrected chi connectivity index (χ0v) is 13.9. The largest absolute Gasteiger partial charge is 0.231 e. The molecule has 1 aliphatic carbocycles. The number of hydrogen-bond acceptors (Lipinski definition) is 1. The molecule has 2 aromatic rings. The van der Waals surface area contributed by atoms with E-state index in [4.69, 9.17) is 0 Å². The van der Waals surface area contributed by atoms with E-state index in [1.54, 1.807) is 0 Å². The molecule has 0 N–H and O–H groups in total. The molecule has 1 fully saturated rings. The van der Waals surface area contributed by atoms with Crippen LogP contribution in [0.15, 0.2) is 36.4 Å². The first kappa shape index (κ1) is 16.6. The number of hydrogen-bond donors (Lipinski definition) is 0. The zero-order chi connectivity index (χ0) is 16.9. The van der Waals surface area contributed by atoms with Crippen molar-refractivity contribution in [1.29, 1.82) is 0 Å². The van der Waals surface area contributed by atoms with Crippen molar-refractivity contribution in [3.63, 3.8) is 0 Å². The summed E-state index contributed by atoms with van der Waals surface area (Å²) >= 11 is 0. The maximum Gasteiger partial charge on any atom is 0.231 e. The summed E-state index contributed by atoms with van der Waals surface area (Å²) in [4.78, 5) is 3.17. The van der Waals surface area contributed by atoms with E-state index in [-0.39, 0.29) is 11.5 Å². The van der Waals surface area contributed by atoms with Crippen LogP contribution in [0.5, 0.6) is 0 Å². The predicted molar refractivity (Wildman–Crippen MR) is 91.6 cm³/mol. The second-order valence-electron chi connectivity index (χ2n) is 6.39. The van der Waals surface area contributed by atoms with Gasteiger partial charge in [0.1, 0.15) is 0 Å². The average Bonchev–Trinajstić information content (AvgIpc) is 2.62. The van der Waals surface area contributed by atoms with E-state index in [1.165, 1.54) is 17.2 Å². The molecule has 1 aromatic heterocycles. The van der Waals surface area contributed by atoms with Gasteiger partial charge in [-0.2, -0.15) is 13.8 Å². The van der Waals surface area contributed by atoms with Gasteiger partial charge in [-0.15, -0.1) is 0 Å². The topological polar surface area (TPSA) is 12.9 Å². The molecule has 1 saturated carbocycles. The lowest BCUT2D eigenvalue weighted by Gasteiger charge is -2.26. The Hall–Kier alpha value is -2.21. The molecule has 0 atom stereocenters. The molecule has 0 spiro atoms. The Morgan fingerprint density at radius 2 is 1.71 bits per heavy atom. The second-order valence-corrected chi connectivity index (χ2v) is 6.39. The maximum atomic E-state index is 13.5. The normalized spacial score (nSPS) is 20.3. The molecule has 0 bridgehead atoms. The average molecular weight is 325 g/mol. The Bertz CT molecular complexity index is 748. The predicted octanol–water partition coefficient (Wildman–Crippen LogP) is 5.25. The van der Waals surface area contributed by atoms with Crippen LogP contribution < -0.4 is 0 Å². The van der Waals surface area contributed by atoms with Gasteiger partial charge in [0, 0.05) is 5.92 Å². The highest BCUT2D eigenvalue weighted by Gasteiger charge is 2.21. The van der Waals surface area contributed by atoms with Crippen LogP contribution in [0.3, 0.4) is 0 Å². The van der Waals surface area contributed by atoms with Crippen molar-refractivity contribution in [3.05, 3.63) is 65.0 Å². The van der Waals surface area contributed by atoms with Gasteiger partial charge < -0.3 is 0 Å². The third kappa shape index (κ3) is 4.00. The molecule has 0 unspecified atom stereocenters. The zero-order valence-electron chi connectivity index (χ0n) is 13.9. The quantitative estimate of drug-likeness (QED) is 0.543. The molecule has 124 valence electrons. The van der Waals surface area contributed by atoms with Gasteiger partial charge in [0.2, 0.25) is 11.9 Å². The van der Waals surface area contributed by atoms with Gasteiger partial charge in [0.15, 0.2) is 0 Å². The Kier molecular flexibility index (Phi) is 5.25. The van der Waals surface area contributed by atoms with E-state index < -0.39 is 11.9 Å². The summed E-state index contributed by atoms with van der Waals surface area (Å²) in [6.45, 7) is 2.17. The molecule has 1 aliphatic rings. The van der Waals surface area contributed by atoms with Crippen LogP contribution in [0.2, 0.25) is 0 Å². The third-order valence-corrected chi connectivity index (χ3v) is 4.81. The summed E-state index contributed by atoms with van der Waals surface area (Å²) in [5.41, 5.74) is 2.95. The third-order valence-electron chi connectivity index (χ3n) is 4.81. The Morgan fingerprint density at radius 3 is 2.33 bits per heavy atom. The highest BCUT2D eigenvalue weighted by molar-refractivity contribution is 5.33. The van der Waals surface area contributed by atoms with Crippen molar-refractivity contribution in [2.24, 2.45) is 5.92 Å². The summed E-state index contributed by atoms with van der Waals surface area (Å²) in [5, 5.41) is 0. The molecule has 24 heavy (non-hydrogen) atoms. The number of aromatic nitrogens is 1. The SMILES string of the molecule is CCc1ccc([C@H]2CC[C@H](C#Cc3ccc(F)nc3F)CC2)cc1. The van der Waals surface area contributed by atoms with Gasteiger partial charge in [-0.1, -0.05) is 43.0 Å². The minimum Gasteiger partial charge on any atom is -0.189 e. The van der Waals surface area contributed by atoms with Crippen LogP contribution in [0.25, 0.3) is 0 Å². The van der Waals surface area contributed by atoms with E-state index in [9.17, 15) is 8.78 Å². The summed E-state index contributed by atoms with van der Waals surface area (Å²) in [5.74, 6) is 5.20. The number of rotatable bonds is 2. The number of benzene rings is 1. The van der Waals surface area contributed by atoms with Crippen LogP contribution in [-0.4, -0.2) is 4.98 Å². The highest BCUT2D eigenvalue weighted by atomic mass is 19.1. The van der Waals surface area contributed by atoms with Gasteiger partial charge >= 0.3 is 0 Å². The van der Waals surface area contributed by atoms with E-state index >= 15 is 0 Å². The van der Waals surface area contributed by atoms with Crippen LogP contribution in [0.1, 0.15) is 55.2 Å². The summed E-state index contributed by atoms with van der Waals surface area (Å²) in [6.07, 6.45) is 5.31. The van der Waals surface area contributed by atoms with Crippen LogP contribution in [0.4, 0.5) is 8.78 Å². The molecule has 1 heterocycles. The van der Waals surface area contributed by atoms with Crippen molar-refractivity contribution in [2.45, 2.75) is 44.9 Å². The summed E-state index contributed by atoms with van der Waals surface area (Å²) in [7, 11) is 0. The fraction of sp³-hybridized carbons (Fsp3) is 0.381.